The molecule has 12 heteroatoms. The number of aliphatic hydroxyl groups is 2. The van der Waals surface area contributed by atoms with Crippen LogP contribution in [0.3, 0.4) is 0 Å². The SMILES string of the molecule is CC/C=C\C/C=C\C/C=C\C/C=C\C/C=C\CCCC(=O)OC(COC(=O)CCCCCCCCCCC/C=C\C/C=C\CCCCC)COC1OC(C(=O)O)C(O)C(O)C1OC(=O)CC/C=C\C/C=C\C/C=C\C/C=C\CC. The van der Waals surface area contributed by atoms with Crippen LogP contribution in [0.4, 0.5) is 0 Å². The minimum atomic E-state index is -1.94. The normalized spacial score (nSPS) is 18.8. The zero-order valence-corrected chi connectivity index (χ0v) is 48.8. The predicted octanol–water partition coefficient (Wildman–Crippen LogP) is 15.8. The molecule has 79 heavy (non-hydrogen) atoms. The molecule has 1 heterocycles. The van der Waals surface area contributed by atoms with E-state index in [2.05, 4.69) is 124 Å². The van der Waals surface area contributed by atoms with E-state index >= 15 is 0 Å². The lowest BCUT2D eigenvalue weighted by atomic mass is 9.98. The lowest BCUT2D eigenvalue weighted by Crippen LogP contribution is -2.61. The molecule has 1 aliphatic rings. The average Bonchev–Trinajstić information content (AvgIpc) is 3.46. The quantitative estimate of drug-likeness (QED) is 0.0228. The van der Waals surface area contributed by atoms with Crippen molar-refractivity contribution in [1.82, 2.24) is 0 Å². The first-order chi connectivity index (χ1) is 38.6. The lowest BCUT2D eigenvalue weighted by Gasteiger charge is -2.40. The highest BCUT2D eigenvalue weighted by molar-refractivity contribution is 5.74. The third-order valence-electron chi connectivity index (χ3n) is 12.7. The van der Waals surface area contributed by atoms with Gasteiger partial charge in [0.15, 0.2) is 24.6 Å². The van der Waals surface area contributed by atoms with Crippen molar-refractivity contribution in [3.63, 3.8) is 0 Å². The zero-order valence-electron chi connectivity index (χ0n) is 48.8. The molecule has 6 unspecified atom stereocenters. The Morgan fingerprint density at radius 2 is 0.835 bits per heavy atom. The van der Waals surface area contributed by atoms with Crippen LogP contribution in [-0.2, 0) is 42.9 Å². The summed E-state index contributed by atoms with van der Waals surface area (Å²) in [6, 6.07) is 0. The van der Waals surface area contributed by atoms with Gasteiger partial charge in [0.1, 0.15) is 18.8 Å². The third kappa shape index (κ3) is 43.4. The molecule has 6 atom stereocenters. The fraction of sp³-hybridized carbons (Fsp3) is 0.612. The van der Waals surface area contributed by atoms with E-state index in [0.717, 1.165) is 83.5 Å². The van der Waals surface area contributed by atoms with Crippen LogP contribution in [-0.4, -0.2) is 89.2 Å². The molecule has 444 valence electrons. The van der Waals surface area contributed by atoms with Crippen molar-refractivity contribution in [3.8, 4) is 0 Å². The molecule has 1 aliphatic heterocycles. The van der Waals surface area contributed by atoms with Crippen LogP contribution in [0.1, 0.15) is 213 Å². The van der Waals surface area contributed by atoms with Gasteiger partial charge in [-0.1, -0.05) is 212 Å². The summed E-state index contributed by atoms with van der Waals surface area (Å²) in [5, 5.41) is 31.5. The van der Waals surface area contributed by atoms with Crippen molar-refractivity contribution >= 4 is 23.9 Å². The molecule has 0 amide bonds. The summed E-state index contributed by atoms with van der Waals surface area (Å²) in [6.07, 6.45) is 63.0. The molecule has 3 N–H and O–H groups in total. The van der Waals surface area contributed by atoms with E-state index < -0.39 is 67.3 Å². The second-order valence-electron chi connectivity index (χ2n) is 19.9. The van der Waals surface area contributed by atoms with Gasteiger partial charge in [0.25, 0.3) is 0 Å². The standard InChI is InChI=1S/C67H104O12/c1-4-7-10-13-16-19-22-25-27-29-30-32-33-36-38-41-44-47-50-53-59(68)75-56-58(77-60(69)54-51-48-45-42-40-37-34-31-28-26-23-20-17-14-11-8-5-2)57-76-67-65(63(72)62(71)64(79-67)66(73)74)78-61(70)55-52-49-46-43-39-35-24-21-18-15-12-9-6-3/h8-9,11-12,16-21,25-28,34-35,37,39,42,45-46,49,58,62-65,67,71-72H,4-7,10,13-15,22-24,29-33,36,38,40-41,43-44,47-48,50-57H2,1-3H3,(H,73,74)/b11-8-,12-9-,19-16-,20-17-,21-18-,27-25-,28-26-,37-34-,39-35-,45-42-,49-46-. The second-order valence-corrected chi connectivity index (χ2v) is 19.9. The molecule has 12 nitrogen and oxygen atoms in total. The number of carboxylic acid groups (broad SMARTS) is 1. The van der Waals surface area contributed by atoms with Gasteiger partial charge in [-0.15, -0.1) is 0 Å². The Balaban J connectivity index is 2.75. The van der Waals surface area contributed by atoms with Crippen LogP contribution in [0.15, 0.2) is 134 Å². The Morgan fingerprint density at radius 3 is 1.30 bits per heavy atom. The number of carbonyl (C=O) groups is 4. The number of unbranched alkanes of at least 4 members (excludes halogenated alkanes) is 13. The number of allylic oxidation sites excluding steroid dienone is 22. The van der Waals surface area contributed by atoms with E-state index in [0.29, 0.717) is 32.1 Å². The maximum atomic E-state index is 13.1. The Kier molecular flexibility index (Phi) is 48.7. The van der Waals surface area contributed by atoms with Crippen LogP contribution in [0.2, 0.25) is 0 Å². The Labute approximate surface area is 477 Å². The smallest absolute Gasteiger partial charge is 0.335 e. The molecule has 0 radical (unpaired) electrons. The largest absolute Gasteiger partial charge is 0.479 e. The molecule has 0 aromatic heterocycles. The number of esters is 3. The number of rotatable bonds is 49. The van der Waals surface area contributed by atoms with Crippen molar-refractivity contribution < 1.29 is 58.2 Å². The topological polar surface area (TPSA) is 175 Å². The molecule has 0 aromatic rings. The van der Waals surface area contributed by atoms with E-state index in [4.69, 9.17) is 23.7 Å². The first kappa shape index (κ1) is 71.9. The van der Waals surface area contributed by atoms with Gasteiger partial charge < -0.3 is 39.0 Å². The van der Waals surface area contributed by atoms with Crippen molar-refractivity contribution in [2.75, 3.05) is 13.2 Å². The molecule has 0 saturated carbocycles. The molecule has 1 rings (SSSR count). The zero-order chi connectivity index (χ0) is 57.5. The second kappa shape index (κ2) is 53.5. The number of hydrogen-bond acceptors (Lipinski definition) is 11. The average molecular weight is 1100 g/mol. The van der Waals surface area contributed by atoms with Gasteiger partial charge in [0.05, 0.1) is 6.61 Å². The maximum absolute atomic E-state index is 13.1. The number of aliphatic carboxylic acids is 1. The molecule has 0 bridgehead atoms. The molecule has 1 fully saturated rings. The monoisotopic (exact) mass is 1100 g/mol. The first-order valence-corrected chi connectivity index (χ1v) is 30.2. The minimum Gasteiger partial charge on any atom is -0.479 e. The minimum absolute atomic E-state index is 0.0684. The Hall–Kier alpha value is -5.14. The van der Waals surface area contributed by atoms with Crippen molar-refractivity contribution in [2.45, 2.75) is 250 Å². The van der Waals surface area contributed by atoms with E-state index in [1.54, 1.807) is 0 Å². The number of carboxylic acids is 1. The molecule has 0 spiro atoms. The van der Waals surface area contributed by atoms with E-state index in [1.165, 1.54) is 57.8 Å². The Bertz CT molecular complexity index is 1880. The fourth-order valence-corrected chi connectivity index (χ4v) is 8.15. The highest BCUT2D eigenvalue weighted by Gasteiger charge is 2.50. The predicted molar refractivity (Wildman–Crippen MR) is 321 cm³/mol. The van der Waals surface area contributed by atoms with E-state index in [-0.39, 0.29) is 25.9 Å². The van der Waals surface area contributed by atoms with Gasteiger partial charge in [-0.25, -0.2) is 4.79 Å². The highest BCUT2D eigenvalue weighted by atomic mass is 16.7. The molecular weight excluding hydrogens is 997 g/mol. The number of ether oxygens (including phenoxy) is 5. The summed E-state index contributed by atoms with van der Waals surface area (Å²) in [7, 11) is 0. The molecule has 0 aromatic carbocycles. The summed E-state index contributed by atoms with van der Waals surface area (Å²) in [5.41, 5.74) is 0. The van der Waals surface area contributed by atoms with Crippen molar-refractivity contribution in [1.29, 1.82) is 0 Å². The number of carbonyl (C=O) groups excluding carboxylic acids is 3. The van der Waals surface area contributed by atoms with Crippen LogP contribution in [0.25, 0.3) is 0 Å². The first-order valence-electron chi connectivity index (χ1n) is 30.2. The summed E-state index contributed by atoms with van der Waals surface area (Å²) < 4.78 is 28.3. The van der Waals surface area contributed by atoms with Crippen LogP contribution in [0.5, 0.6) is 0 Å². The lowest BCUT2D eigenvalue weighted by molar-refractivity contribution is -0.301. The van der Waals surface area contributed by atoms with Crippen LogP contribution < -0.4 is 0 Å². The Morgan fingerprint density at radius 1 is 0.430 bits per heavy atom. The molecule has 1 saturated heterocycles. The van der Waals surface area contributed by atoms with Crippen LogP contribution >= 0.6 is 0 Å². The summed E-state index contributed by atoms with van der Waals surface area (Å²) in [6.45, 7) is 5.64. The highest BCUT2D eigenvalue weighted by Crippen LogP contribution is 2.26. The maximum Gasteiger partial charge on any atom is 0.335 e. The van der Waals surface area contributed by atoms with Gasteiger partial charge in [0, 0.05) is 19.3 Å². The molecule has 0 aliphatic carbocycles. The van der Waals surface area contributed by atoms with E-state index in [9.17, 15) is 34.5 Å². The fourth-order valence-electron chi connectivity index (χ4n) is 8.15. The summed E-state index contributed by atoms with van der Waals surface area (Å²) >= 11 is 0. The number of hydrogen-bond donors (Lipinski definition) is 3. The third-order valence-corrected chi connectivity index (χ3v) is 12.7. The summed E-state index contributed by atoms with van der Waals surface area (Å²) in [4.78, 5) is 51.1. The van der Waals surface area contributed by atoms with E-state index in [1.807, 2.05) is 30.4 Å². The summed E-state index contributed by atoms with van der Waals surface area (Å²) in [5.74, 6) is -3.33. The van der Waals surface area contributed by atoms with Gasteiger partial charge in [0.2, 0.25) is 0 Å². The van der Waals surface area contributed by atoms with Gasteiger partial charge in [-0.2, -0.15) is 0 Å². The van der Waals surface area contributed by atoms with Gasteiger partial charge >= 0.3 is 23.9 Å². The van der Waals surface area contributed by atoms with Gasteiger partial charge in [-0.05, 0) is 116 Å². The van der Waals surface area contributed by atoms with Gasteiger partial charge in [-0.3, -0.25) is 14.4 Å². The van der Waals surface area contributed by atoms with Crippen molar-refractivity contribution in [3.05, 3.63) is 134 Å². The van der Waals surface area contributed by atoms with Crippen LogP contribution in [0, 0.1) is 0 Å². The van der Waals surface area contributed by atoms with Crippen molar-refractivity contribution in [2.24, 2.45) is 0 Å². The molecular formula is C67H104O12. The number of aliphatic hydroxyl groups excluding tert-OH is 2.